The number of likely N-dealkylation sites (tertiary alicyclic amines) is 1. The standard InChI is InChI=1S/C18H26.C7H14N2O/c1-14-9-15-11-17(2,3)13-18(10-14,12-15)16-7-5-4-6-8-16;1-9-4-2-7(3-5-9)8-6-10/h4-8,14-15H,9-13H2,1-3H3;6-7H,2-5H2,1H3,(H,8,10). The number of nitrogens with one attached hydrogen (secondary N) is 1. The zero-order chi connectivity index (χ0) is 20.2. The highest BCUT2D eigenvalue weighted by Gasteiger charge is 2.48. The summed E-state index contributed by atoms with van der Waals surface area (Å²) >= 11 is 0. The van der Waals surface area contributed by atoms with Crippen molar-refractivity contribution in [1.82, 2.24) is 10.2 Å². The number of rotatable bonds is 3. The Morgan fingerprint density at radius 3 is 2.39 bits per heavy atom. The second-order valence-electron chi connectivity index (χ2n) is 10.7. The molecule has 1 saturated heterocycles. The SMILES string of the molecule is CC1CC2CC(C)(C)CC(c3ccccc3)(C1)C2.CN1CCC(NC=O)CC1. The number of hydrogen-bond donors (Lipinski definition) is 1. The fraction of sp³-hybridized carbons (Fsp3) is 0.720. The van der Waals surface area contributed by atoms with Crippen LogP contribution in [0.1, 0.15) is 71.3 Å². The van der Waals surface area contributed by atoms with Gasteiger partial charge in [-0.15, -0.1) is 0 Å². The van der Waals surface area contributed by atoms with E-state index in [4.69, 9.17) is 0 Å². The molecule has 3 fully saturated rings. The quantitative estimate of drug-likeness (QED) is 0.743. The Balaban J connectivity index is 0.000000192. The van der Waals surface area contributed by atoms with Gasteiger partial charge in [0.15, 0.2) is 0 Å². The van der Waals surface area contributed by atoms with E-state index in [1.807, 2.05) is 0 Å². The van der Waals surface area contributed by atoms with Crippen molar-refractivity contribution in [3.05, 3.63) is 35.9 Å². The zero-order valence-corrected chi connectivity index (χ0v) is 18.4. The van der Waals surface area contributed by atoms with Crippen LogP contribution in [0.3, 0.4) is 0 Å². The van der Waals surface area contributed by atoms with E-state index in [1.165, 1.54) is 32.1 Å². The lowest BCUT2D eigenvalue weighted by atomic mass is 9.51. The van der Waals surface area contributed by atoms with E-state index in [0.717, 1.165) is 44.2 Å². The largest absolute Gasteiger partial charge is 0.356 e. The maximum atomic E-state index is 10.0. The summed E-state index contributed by atoms with van der Waals surface area (Å²) in [6.45, 7) is 9.62. The minimum atomic E-state index is 0.425. The lowest BCUT2D eigenvalue weighted by molar-refractivity contribution is -0.110. The fourth-order valence-corrected chi connectivity index (χ4v) is 6.51. The molecule has 0 radical (unpaired) electrons. The van der Waals surface area contributed by atoms with Gasteiger partial charge in [0.2, 0.25) is 6.41 Å². The zero-order valence-electron chi connectivity index (χ0n) is 18.4. The number of nitrogens with zero attached hydrogens (tertiary/aromatic N) is 1. The minimum absolute atomic E-state index is 0.425. The Labute approximate surface area is 172 Å². The van der Waals surface area contributed by atoms with E-state index in [2.05, 4.69) is 68.4 Å². The van der Waals surface area contributed by atoms with E-state index >= 15 is 0 Å². The van der Waals surface area contributed by atoms with Crippen molar-refractivity contribution in [2.24, 2.45) is 17.3 Å². The number of benzene rings is 1. The first kappa shape index (κ1) is 21.4. The van der Waals surface area contributed by atoms with Gasteiger partial charge in [-0.25, -0.2) is 0 Å². The highest BCUT2D eigenvalue weighted by atomic mass is 16.1. The summed E-state index contributed by atoms with van der Waals surface area (Å²) in [5, 5.41) is 2.80. The Hall–Kier alpha value is -1.35. The average Bonchev–Trinajstić information content (AvgIpc) is 2.63. The molecule has 1 aliphatic heterocycles. The smallest absolute Gasteiger partial charge is 0.207 e. The summed E-state index contributed by atoms with van der Waals surface area (Å²) in [6, 6.07) is 11.8. The van der Waals surface area contributed by atoms with Gasteiger partial charge in [-0.3, -0.25) is 4.79 Å². The Morgan fingerprint density at radius 1 is 1.07 bits per heavy atom. The molecule has 3 heteroatoms. The highest BCUT2D eigenvalue weighted by Crippen LogP contribution is 2.57. The third-order valence-electron chi connectivity index (χ3n) is 7.22. The lowest BCUT2D eigenvalue weighted by Gasteiger charge is -2.54. The Kier molecular flexibility index (Phi) is 6.85. The molecule has 3 atom stereocenters. The molecule has 2 saturated carbocycles. The second-order valence-corrected chi connectivity index (χ2v) is 10.7. The third kappa shape index (κ3) is 5.37. The van der Waals surface area contributed by atoms with Crippen molar-refractivity contribution in [3.63, 3.8) is 0 Å². The Bertz CT molecular complexity index is 617. The molecule has 3 unspecified atom stereocenters. The van der Waals surface area contributed by atoms with E-state index in [0.29, 0.717) is 16.9 Å². The van der Waals surface area contributed by atoms with Crippen molar-refractivity contribution in [3.8, 4) is 0 Å². The molecule has 0 spiro atoms. The maximum Gasteiger partial charge on any atom is 0.207 e. The van der Waals surface area contributed by atoms with Gasteiger partial charge in [-0.05, 0) is 93.3 Å². The van der Waals surface area contributed by atoms with E-state index in [-0.39, 0.29) is 0 Å². The normalized spacial score (nSPS) is 32.7. The highest BCUT2D eigenvalue weighted by molar-refractivity contribution is 5.46. The van der Waals surface area contributed by atoms with Crippen LogP contribution in [0.25, 0.3) is 0 Å². The van der Waals surface area contributed by atoms with E-state index < -0.39 is 0 Å². The molecule has 1 aromatic rings. The van der Waals surface area contributed by atoms with Gasteiger partial charge in [-0.1, -0.05) is 51.1 Å². The molecule has 4 rings (SSSR count). The van der Waals surface area contributed by atoms with Crippen LogP contribution in [0.4, 0.5) is 0 Å². The first-order valence-electron chi connectivity index (χ1n) is 11.3. The van der Waals surface area contributed by atoms with Crippen molar-refractivity contribution < 1.29 is 4.79 Å². The lowest BCUT2D eigenvalue weighted by Crippen LogP contribution is -2.45. The van der Waals surface area contributed by atoms with Gasteiger partial charge in [0.25, 0.3) is 0 Å². The number of fused-ring (bicyclic) bond motifs is 2. The Morgan fingerprint density at radius 2 is 1.75 bits per heavy atom. The predicted octanol–water partition coefficient (Wildman–Crippen LogP) is 5.01. The van der Waals surface area contributed by atoms with Gasteiger partial charge in [0.05, 0.1) is 0 Å². The molecular formula is C25H40N2O. The van der Waals surface area contributed by atoms with Crippen LogP contribution in [-0.2, 0) is 10.2 Å². The molecular weight excluding hydrogens is 344 g/mol. The number of piperidine rings is 1. The van der Waals surface area contributed by atoms with Gasteiger partial charge in [0.1, 0.15) is 0 Å². The summed E-state index contributed by atoms with van der Waals surface area (Å²) in [7, 11) is 2.11. The molecule has 2 bridgehead atoms. The molecule has 3 aliphatic rings. The first-order chi connectivity index (χ1) is 13.3. The van der Waals surface area contributed by atoms with Crippen LogP contribution in [0, 0.1) is 17.3 Å². The average molecular weight is 385 g/mol. The van der Waals surface area contributed by atoms with E-state index in [1.54, 1.807) is 5.56 Å². The summed E-state index contributed by atoms with van der Waals surface area (Å²) < 4.78 is 0. The molecule has 1 amide bonds. The molecule has 3 nitrogen and oxygen atoms in total. The number of hydrogen-bond acceptors (Lipinski definition) is 2. The van der Waals surface area contributed by atoms with Gasteiger partial charge in [0, 0.05) is 6.04 Å². The third-order valence-corrected chi connectivity index (χ3v) is 7.22. The number of carbonyl (C=O) groups is 1. The van der Waals surface area contributed by atoms with Crippen LogP contribution >= 0.6 is 0 Å². The first-order valence-corrected chi connectivity index (χ1v) is 11.3. The molecule has 1 heterocycles. The van der Waals surface area contributed by atoms with Crippen LogP contribution in [0.2, 0.25) is 0 Å². The van der Waals surface area contributed by atoms with E-state index in [9.17, 15) is 4.79 Å². The molecule has 28 heavy (non-hydrogen) atoms. The fourth-order valence-electron chi connectivity index (χ4n) is 6.51. The summed E-state index contributed by atoms with van der Waals surface area (Å²) in [5.74, 6) is 1.86. The van der Waals surface area contributed by atoms with Crippen molar-refractivity contribution >= 4 is 6.41 Å². The van der Waals surface area contributed by atoms with Gasteiger partial charge >= 0.3 is 0 Å². The molecule has 1 aromatic carbocycles. The second kappa shape index (κ2) is 8.98. The summed E-state index contributed by atoms with van der Waals surface area (Å²) in [6.07, 6.45) is 10.1. The van der Waals surface area contributed by atoms with Crippen LogP contribution in [0.5, 0.6) is 0 Å². The maximum absolute atomic E-state index is 10.0. The van der Waals surface area contributed by atoms with Gasteiger partial charge < -0.3 is 10.2 Å². The minimum Gasteiger partial charge on any atom is -0.356 e. The molecule has 1 N–H and O–H groups in total. The summed E-state index contributed by atoms with van der Waals surface area (Å²) in [4.78, 5) is 12.3. The molecule has 2 aliphatic carbocycles. The van der Waals surface area contributed by atoms with Gasteiger partial charge in [-0.2, -0.15) is 0 Å². The number of carbonyl (C=O) groups excluding carboxylic acids is 1. The predicted molar refractivity (Wildman–Crippen MR) is 117 cm³/mol. The van der Waals surface area contributed by atoms with Crippen LogP contribution < -0.4 is 5.32 Å². The molecule has 156 valence electrons. The van der Waals surface area contributed by atoms with Crippen LogP contribution in [-0.4, -0.2) is 37.5 Å². The topological polar surface area (TPSA) is 32.3 Å². The van der Waals surface area contributed by atoms with Crippen molar-refractivity contribution in [1.29, 1.82) is 0 Å². The van der Waals surface area contributed by atoms with Crippen LogP contribution in [0.15, 0.2) is 30.3 Å². The monoisotopic (exact) mass is 384 g/mol. The summed E-state index contributed by atoms with van der Waals surface area (Å²) in [5.41, 5.74) is 2.61. The van der Waals surface area contributed by atoms with Crippen molar-refractivity contribution in [2.75, 3.05) is 20.1 Å². The molecule has 0 aromatic heterocycles. The number of amides is 1. The van der Waals surface area contributed by atoms with Crippen molar-refractivity contribution in [2.45, 2.75) is 77.2 Å².